The largest absolute Gasteiger partial charge is 0.497 e. The number of alkyl halides is 3. The van der Waals surface area contributed by atoms with Gasteiger partial charge in [-0.25, -0.2) is 5.43 Å². The average Bonchev–Trinajstić information content (AvgIpc) is 2.40. The van der Waals surface area contributed by atoms with Crippen molar-refractivity contribution in [2.45, 2.75) is 50.7 Å². The smallest absolute Gasteiger partial charge is 0.391 e. The standard InChI is InChI=1S/C13H21F3N2O/c14-13(15,16)10-5-3-4-9(8-10)12(18-17)11-6-1-2-7-19-11/h6,9-10,12,18H,1-5,7-8,17H2. The zero-order chi connectivity index (χ0) is 13.9. The van der Waals surface area contributed by atoms with Crippen molar-refractivity contribution in [2.75, 3.05) is 6.61 Å². The minimum atomic E-state index is -4.10. The molecule has 1 aliphatic heterocycles. The summed E-state index contributed by atoms with van der Waals surface area (Å²) >= 11 is 0. The van der Waals surface area contributed by atoms with Crippen LogP contribution in [0.4, 0.5) is 13.2 Å². The van der Waals surface area contributed by atoms with Crippen molar-refractivity contribution in [1.29, 1.82) is 0 Å². The van der Waals surface area contributed by atoms with Crippen LogP contribution in [0.3, 0.4) is 0 Å². The zero-order valence-electron chi connectivity index (χ0n) is 10.9. The monoisotopic (exact) mass is 278 g/mol. The van der Waals surface area contributed by atoms with Crippen molar-refractivity contribution in [1.82, 2.24) is 5.43 Å². The van der Waals surface area contributed by atoms with Gasteiger partial charge in [0.15, 0.2) is 0 Å². The molecule has 1 saturated carbocycles. The second-order valence-corrected chi connectivity index (χ2v) is 5.41. The van der Waals surface area contributed by atoms with Crippen LogP contribution in [0.15, 0.2) is 11.8 Å². The molecule has 3 nitrogen and oxygen atoms in total. The van der Waals surface area contributed by atoms with Gasteiger partial charge in [0.1, 0.15) is 5.76 Å². The Hall–Kier alpha value is -0.750. The minimum absolute atomic E-state index is 0.102. The highest BCUT2D eigenvalue weighted by Gasteiger charge is 2.44. The molecule has 0 spiro atoms. The number of rotatable bonds is 3. The molecular formula is C13H21F3N2O. The Balaban J connectivity index is 2.04. The van der Waals surface area contributed by atoms with Crippen LogP contribution in [0.5, 0.6) is 0 Å². The van der Waals surface area contributed by atoms with E-state index in [2.05, 4.69) is 5.43 Å². The molecule has 3 unspecified atom stereocenters. The van der Waals surface area contributed by atoms with E-state index in [0.29, 0.717) is 13.0 Å². The van der Waals surface area contributed by atoms with Crippen LogP contribution in [0.25, 0.3) is 0 Å². The van der Waals surface area contributed by atoms with E-state index in [0.717, 1.165) is 25.0 Å². The van der Waals surface area contributed by atoms with Gasteiger partial charge in [-0.2, -0.15) is 13.2 Å². The molecule has 0 saturated heterocycles. The molecule has 1 heterocycles. The fourth-order valence-electron chi connectivity index (χ4n) is 3.07. The van der Waals surface area contributed by atoms with Crippen LogP contribution in [0.1, 0.15) is 38.5 Å². The second-order valence-electron chi connectivity index (χ2n) is 5.41. The van der Waals surface area contributed by atoms with Gasteiger partial charge >= 0.3 is 6.18 Å². The molecule has 0 bridgehead atoms. The van der Waals surface area contributed by atoms with Crippen molar-refractivity contribution in [3.05, 3.63) is 11.8 Å². The lowest BCUT2D eigenvalue weighted by molar-refractivity contribution is -0.186. The average molecular weight is 278 g/mol. The van der Waals surface area contributed by atoms with Gasteiger partial charge < -0.3 is 4.74 Å². The quantitative estimate of drug-likeness (QED) is 0.616. The lowest BCUT2D eigenvalue weighted by atomic mass is 9.77. The van der Waals surface area contributed by atoms with Crippen LogP contribution in [0, 0.1) is 11.8 Å². The van der Waals surface area contributed by atoms with Gasteiger partial charge in [0.05, 0.1) is 18.6 Å². The molecule has 1 aliphatic carbocycles. The number of nitrogens with one attached hydrogen (secondary N) is 1. The second kappa shape index (κ2) is 6.13. The molecule has 0 aromatic carbocycles. The van der Waals surface area contributed by atoms with Crippen LogP contribution in [-0.2, 0) is 4.74 Å². The molecule has 0 amide bonds. The Morgan fingerprint density at radius 1 is 1.32 bits per heavy atom. The number of hydrazine groups is 1. The SMILES string of the molecule is NNC(C1=CCCCO1)C1CCCC(C(F)(F)F)C1. The first kappa shape index (κ1) is 14.7. The van der Waals surface area contributed by atoms with E-state index in [1.54, 1.807) is 0 Å². The van der Waals surface area contributed by atoms with Crippen LogP contribution < -0.4 is 11.3 Å². The normalized spacial score (nSPS) is 30.4. The molecular weight excluding hydrogens is 257 g/mol. The molecule has 0 radical (unpaired) electrons. The zero-order valence-corrected chi connectivity index (χ0v) is 10.9. The van der Waals surface area contributed by atoms with E-state index in [1.165, 1.54) is 0 Å². The van der Waals surface area contributed by atoms with Crippen LogP contribution >= 0.6 is 0 Å². The minimum Gasteiger partial charge on any atom is -0.497 e. The molecule has 0 aromatic rings. The van der Waals surface area contributed by atoms with Gasteiger partial charge in [0, 0.05) is 0 Å². The lowest BCUT2D eigenvalue weighted by Crippen LogP contribution is -2.46. The summed E-state index contributed by atoms with van der Waals surface area (Å²) in [7, 11) is 0. The first-order chi connectivity index (χ1) is 9.02. The topological polar surface area (TPSA) is 47.3 Å². The molecule has 2 aliphatic rings. The summed E-state index contributed by atoms with van der Waals surface area (Å²) in [6.45, 7) is 0.624. The molecule has 3 N–H and O–H groups in total. The van der Waals surface area contributed by atoms with Gasteiger partial charge in [-0.15, -0.1) is 0 Å². The first-order valence-electron chi connectivity index (χ1n) is 6.88. The Kier molecular flexibility index (Phi) is 4.73. The van der Waals surface area contributed by atoms with Gasteiger partial charge in [0.25, 0.3) is 0 Å². The maximum Gasteiger partial charge on any atom is 0.391 e. The van der Waals surface area contributed by atoms with Gasteiger partial charge in [0.2, 0.25) is 0 Å². The molecule has 3 atom stereocenters. The first-order valence-corrected chi connectivity index (χ1v) is 6.88. The van der Waals surface area contributed by atoms with Crippen molar-refractivity contribution in [2.24, 2.45) is 17.7 Å². The summed E-state index contributed by atoms with van der Waals surface area (Å²) in [5.74, 6) is 4.96. The summed E-state index contributed by atoms with van der Waals surface area (Å²) < 4.78 is 44.0. The Labute approximate surface area is 111 Å². The number of hydrogen-bond acceptors (Lipinski definition) is 3. The van der Waals surface area contributed by atoms with Crippen molar-refractivity contribution in [3.63, 3.8) is 0 Å². The fourth-order valence-corrected chi connectivity index (χ4v) is 3.07. The van der Waals surface area contributed by atoms with Gasteiger partial charge in [-0.1, -0.05) is 6.42 Å². The molecule has 19 heavy (non-hydrogen) atoms. The van der Waals surface area contributed by atoms with Gasteiger partial charge in [-0.05, 0) is 44.1 Å². The fraction of sp³-hybridized carbons (Fsp3) is 0.846. The third-order valence-corrected chi connectivity index (χ3v) is 4.10. The van der Waals surface area contributed by atoms with E-state index in [-0.39, 0.29) is 24.8 Å². The summed E-state index contributed by atoms with van der Waals surface area (Å²) in [5, 5.41) is 0. The maximum atomic E-state index is 12.8. The Bertz CT molecular complexity index is 330. The van der Waals surface area contributed by atoms with E-state index in [9.17, 15) is 13.2 Å². The summed E-state index contributed by atoms with van der Waals surface area (Å²) in [4.78, 5) is 0. The number of ether oxygens (including phenoxy) is 1. The summed E-state index contributed by atoms with van der Waals surface area (Å²) in [6, 6.07) is -0.287. The Morgan fingerprint density at radius 2 is 2.11 bits per heavy atom. The predicted molar refractivity (Wildman–Crippen MR) is 65.9 cm³/mol. The number of allylic oxidation sites excluding steroid dienone is 1. The van der Waals surface area contributed by atoms with E-state index >= 15 is 0 Å². The van der Waals surface area contributed by atoms with E-state index in [4.69, 9.17) is 10.6 Å². The van der Waals surface area contributed by atoms with Crippen LogP contribution in [0.2, 0.25) is 0 Å². The molecule has 6 heteroatoms. The number of nitrogens with two attached hydrogens (primary N) is 1. The number of halogens is 3. The highest BCUT2D eigenvalue weighted by atomic mass is 19.4. The third-order valence-electron chi connectivity index (χ3n) is 4.10. The van der Waals surface area contributed by atoms with Gasteiger partial charge in [-0.3, -0.25) is 5.84 Å². The summed E-state index contributed by atoms with van der Waals surface area (Å²) in [6.07, 6.45) is 1.45. The molecule has 1 fully saturated rings. The highest BCUT2D eigenvalue weighted by molar-refractivity contribution is 5.08. The third kappa shape index (κ3) is 3.63. The summed E-state index contributed by atoms with van der Waals surface area (Å²) in [5.41, 5.74) is 2.65. The van der Waals surface area contributed by atoms with Crippen molar-refractivity contribution >= 4 is 0 Å². The molecule has 110 valence electrons. The van der Waals surface area contributed by atoms with E-state index in [1.807, 2.05) is 6.08 Å². The Morgan fingerprint density at radius 3 is 2.68 bits per heavy atom. The maximum absolute atomic E-state index is 12.8. The lowest BCUT2D eigenvalue weighted by Gasteiger charge is -2.36. The predicted octanol–water partition coefficient (Wildman–Crippen LogP) is 2.88. The molecule has 2 rings (SSSR count). The van der Waals surface area contributed by atoms with Crippen molar-refractivity contribution < 1.29 is 17.9 Å². The van der Waals surface area contributed by atoms with Crippen molar-refractivity contribution in [3.8, 4) is 0 Å². The van der Waals surface area contributed by atoms with E-state index < -0.39 is 12.1 Å². The van der Waals surface area contributed by atoms with Crippen LogP contribution in [-0.4, -0.2) is 18.8 Å². The highest BCUT2D eigenvalue weighted by Crippen LogP contribution is 2.42. The molecule has 0 aromatic heterocycles. The number of hydrogen-bond donors (Lipinski definition) is 2.